The molecule has 2 aliphatic heterocycles. The highest BCUT2D eigenvalue weighted by molar-refractivity contribution is 5.96. The van der Waals surface area contributed by atoms with Crippen LogP contribution in [0.4, 0.5) is 5.69 Å². The quantitative estimate of drug-likeness (QED) is 0.392. The number of hydrogen-bond acceptors (Lipinski definition) is 6. The number of rotatable bonds is 8. The van der Waals surface area contributed by atoms with Crippen molar-refractivity contribution in [2.24, 2.45) is 0 Å². The summed E-state index contributed by atoms with van der Waals surface area (Å²) in [5, 5.41) is 18.6. The molecule has 222 valence electrons. The molecule has 3 aromatic rings. The summed E-state index contributed by atoms with van der Waals surface area (Å²) < 4.78 is 0. The topological polar surface area (TPSA) is 105 Å². The lowest BCUT2D eigenvalue weighted by Gasteiger charge is -2.26. The number of carboxylic acid groups (broad SMARTS) is 2. The van der Waals surface area contributed by atoms with E-state index < -0.39 is 11.9 Å². The third-order valence-corrected chi connectivity index (χ3v) is 7.87. The molecule has 0 spiro atoms. The van der Waals surface area contributed by atoms with Crippen LogP contribution in [-0.4, -0.2) is 95.1 Å². The fourth-order valence-corrected chi connectivity index (χ4v) is 5.54. The molecule has 0 atom stereocenters. The van der Waals surface area contributed by atoms with Crippen LogP contribution < -0.4 is 4.90 Å². The molecule has 2 N–H and O–H groups in total. The van der Waals surface area contributed by atoms with Gasteiger partial charge in [0.2, 0.25) is 5.91 Å². The molecule has 0 aromatic heterocycles. The highest BCUT2D eigenvalue weighted by atomic mass is 16.4. The first-order valence-electron chi connectivity index (χ1n) is 14.5. The Kier molecular flexibility index (Phi) is 9.84. The SMILES string of the molecule is O=C(O)CN1CCN(CC(=O)O)CCN(Cc2ccc(CC(=O)N3Cc4ccccc4C#Cc4ccccc43)cc2)CC1. The van der Waals surface area contributed by atoms with Crippen molar-refractivity contribution in [2.45, 2.75) is 19.5 Å². The molecule has 5 rings (SSSR count). The minimum absolute atomic E-state index is 0.00392. The summed E-state index contributed by atoms with van der Waals surface area (Å²) in [5.74, 6) is 4.71. The minimum Gasteiger partial charge on any atom is -0.480 e. The molecule has 9 heteroatoms. The molecule has 1 saturated heterocycles. The molecule has 0 unspecified atom stereocenters. The van der Waals surface area contributed by atoms with E-state index in [1.165, 1.54) is 0 Å². The van der Waals surface area contributed by atoms with E-state index in [1.54, 1.807) is 0 Å². The number of carboxylic acids is 2. The number of aliphatic carboxylic acids is 2. The maximum absolute atomic E-state index is 13.7. The number of para-hydroxylation sites is 1. The summed E-state index contributed by atoms with van der Waals surface area (Å²) >= 11 is 0. The van der Waals surface area contributed by atoms with Crippen molar-refractivity contribution in [1.29, 1.82) is 0 Å². The maximum atomic E-state index is 13.7. The molecule has 0 saturated carbocycles. The van der Waals surface area contributed by atoms with E-state index in [9.17, 15) is 24.6 Å². The summed E-state index contributed by atoms with van der Waals surface area (Å²) in [6.07, 6.45) is 0.252. The van der Waals surface area contributed by atoms with Crippen molar-refractivity contribution in [1.82, 2.24) is 14.7 Å². The third-order valence-electron chi connectivity index (χ3n) is 7.87. The molecule has 43 heavy (non-hydrogen) atoms. The second-order valence-corrected chi connectivity index (χ2v) is 11.0. The number of hydrogen-bond donors (Lipinski definition) is 2. The first-order chi connectivity index (χ1) is 20.8. The maximum Gasteiger partial charge on any atom is 0.317 e. The van der Waals surface area contributed by atoms with E-state index in [0.717, 1.165) is 33.5 Å². The Morgan fingerprint density at radius 2 is 1.14 bits per heavy atom. The number of anilines is 1. The molecule has 0 radical (unpaired) electrons. The van der Waals surface area contributed by atoms with Crippen LogP contribution in [0.2, 0.25) is 0 Å². The molecule has 0 bridgehead atoms. The zero-order chi connectivity index (χ0) is 30.2. The van der Waals surface area contributed by atoms with Crippen LogP contribution in [0.1, 0.15) is 27.8 Å². The summed E-state index contributed by atoms with van der Waals surface area (Å²) in [6, 6.07) is 23.7. The normalized spacial score (nSPS) is 16.2. The highest BCUT2D eigenvalue weighted by Gasteiger charge is 2.22. The van der Waals surface area contributed by atoms with Gasteiger partial charge in [0.05, 0.1) is 31.7 Å². The molecular weight excluding hydrogens is 544 g/mol. The van der Waals surface area contributed by atoms with Crippen LogP contribution in [-0.2, 0) is 33.9 Å². The van der Waals surface area contributed by atoms with E-state index >= 15 is 0 Å². The Labute approximate surface area is 251 Å². The minimum atomic E-state index is -0.892. The van der Waals surface area contributed by atoms with Gasteiger partial charge in [0.1, 0.15) is 0 Å². The predicted octanol–water partition coefficient (Wildman–Crippen LogP) is 2.76. The van der Waals surface area contributed by atoms with Gasteiger partial charge in [-0.25, -0.2) is 0 Å². The van der Waals surface area contributed by atoms with E-state index in [-0.39, 0.29) is 25.4 Å². The Morgan fingerprint density at radius 3 is 1.77 bits per heavy atom. The molecule has 1 amide bonds. The van der Waals surface area contributed by atoms with E-state index in [1.807, 2.05) is 87.5 Å². The molecule has 1 fully saturated rings. The van der Waals surface area contributed by atoms with Crippen molar-refractivity contribution in [3.63, 3.8) is 0 Å². The molecule has 0 aliphatic carbocycles. The van der Waals surface area contributed by atoms with Gasteiger partial charge >= 0.3 is 11.9 Å². The van der Waals surface area contributed by atoms with Crippen molar-refractivity contribution < 1.29 is 24.6 Å². The van der Waals surface area contributed by atoms with Gasteiger partial charge in [0, 0.05) is 56.9 Å². The lowest BCUT2D eigenvalue weighted by molar-refractivity contribution is -0.140. The molecule has 3 aromatic carbocycles. The van der Waals surface area contributed by atoms with Gasteiger partial charge in [-0.05, 0) is 34.9 Å². The second-order valence-electron chi connectivity index (χ2n) is 11.0. The number of nitrogens with zero attached hydrogens (tertiary/aromatic N) is 4. The summed E-state index contributed by atoms with van der Waals surface area (Å²) in [4.78, 5) is 44.2. The summed E-state index contributed by atoms with van der Waals surface area (Å²) in [6.45, 7) is 4.49. The number of fused-ring (bicyclic) bond motifs is 2. The van der Waals surface area contributed by atoms with Crippen molar-refractivity contribution in [2.75, 3.05) is 57.3 Å². The van der Waals surface area contributed by atoms with Crippen LogP contribution in [0.25, 0.3) is 0 Å². The van der Waals surface area contributed by atoms with E-state index in [4.69, 9.17) is 0 Å². The van der Waals surface area contributed by atoms with E-state index in [0.29, 0.717) is 52.4 Å². The highest BCUT2D eigenvalue weighted by Crippen LogP contribution is 2.26. The molecule has 9 nitrogen and oxygen atoms in total. The Morgan fingerprint density at radius 1 is 0.628 bits per heavy atom. The van der Waals surface area contributed by atoms with Gasteiger partial charge in [-0.2, -0.15) is 0 Å². The van der Waals surface area contributed by atoms with Crippen molar-refractivity contribution in [3.05, 3.63) is 101 Å². The fourth-order valence-electron chi connectivity index (χ4n) is 5.54. The third kappa shape index (κ3) is 8.30. The van der Waals surface area contributed by atoms with Crippen molar-refractivity contribution in [3.8, 4) is 11.8 Å². The Hall–Kier alpha value is -4.49. The monoisotopic (exact) mass is 580 g/mol. The lowest BCUT2D eigenvalue weighted by Crippen LogP contribution is -2.40. The molecule has 2 heterocycles. The predicted molar refractivity (Wildman–Crippen MR) is 164 cm³/mol. The van der Waals surface area contributed by atoms with Crippen LogP contribution >= 0.6 is 0 Å². The largest absolute Gasteiger partial charge is 0.480 e. The van der Waals surface area contributed by atoms with Crippen LogP contribution in [0, 0.1) is 11.8 Å². The van der Waals surface area contributed by atoms with Crippen LogP contribution in [0.15, 0.2) is 72.8 Å². The average Bonchev–Trinajstić information content (AvgIpc) is 3.06. The molecule has 2 aliphatic rings. The van der Waals surface area contributed by atoms with Gasteiger partial charge in [-0.15, -0.1) is 0 Å². The molecular formula is C34H36N4O5. The summed E-state index contributed by atoms with van der Waals surface area (Å²) in [7, 11) is 0. The smallest absolute Gasteiger partial charge is 0.317 e. The van der Waals surface area contributed by atoms with Crippen LogP contribution in [0.5, 0.6) is 0 Å². The second kappa shape index (κ2) is 14.1. The first kappa shape index (κ1) is 30.0. The number of carbonyl (C=O) groups excluding carboxylic acids is 1. The lowest BCUT2D eigenvalue weighted by atomic mass is 10.0. The fraction of sp³-hybridized carbons (Fsp3) is 0.324. The van der Waals surface area contributed by atoms with E-state index in [2.05, 4.69) is 16.7 Å². The Balaban J connectivity index is 1.26. The first-order valence-corrected chi connectivity index (χ1v) is 14.5. The zero-order valence-corrected chi connectivity index (χ0v) is 24.1. The average molecular weight is 581 g/mol. The summed E-state index contributed by atoms with van der Waals surface area (Å²) in [5.41, 5.74) is 5.57. The Bertz CT molecular complexity index is 1500. The van der Waals surface area contributed by atoms with Gasteiger partial charge in [-0.1, -0.05) is 66.4 Å². The van der Waals surface area contributed by atoms with Gasteiger partial charge < -0.3 is 15.1 Å². The number of benzene rings is 3. The van der Waals surface area contributed by atoms with Crippen LogP contribution in [0.3, 0.4) is 0 Å². The van der Waals surface area contributed by atoms with Gasteiger partial charge in [0.25, 0.3) is 0 Å². The van der Waals surface area contributed by atoms with Gasteiger partial charge in [-0.3, -0.25) is 29.1 Å². The van der Waals surface area contributed by atoms with Gasteiger partial charge in [0.15, 0.2) is 0 Å². The standard InChI is InChI=1S/C34H36N4O5/c39-32(38-23-30-7-2-1-5-28(30)13-14-29-6-3-4-8-31(29)38)21-26-9-11-27(12-10-26)22-35-15-17-36(24-33(40)41)19-20-37(18-16-35)25-34(42)43/h1-12H,15-25H2,(H,40,41)(H,42,43). The number of carbonyl (C=O) groups is 3. The zero-order valence-electron chi connectivity index (χ0n) is 24.1. The number of amides is 1. The van der Waals surface area contributed by atoms with Crippen molar-refractivity contribution >= 4 is 23.5 Å².